The van der Waals surface area contributed by atoms with Crippen LogP contribution < -0.4 is 4.90 Å². The van der Waals surface area contributed by atoms with Gasteiger partial charge in [-0.1, -0.05) is 0 Å². The summed E-state index contributed by atoms with van der Waals surface area (Å²) in [6.07, 6.45) is 3.57. The van der Waals surface area contributed by atoms with Crippen molar-refractivity contribution < 1.29 is 4.39 Å². The average Bonchev–Trinajstić information content (AvgIpc) is 2.47. The molecule has 4 heteroatoms. The molecule has 2 aliphatic heterocycles. The van der Waals surface area contributed by atoms with Crippen LogP contribution in [0.25, 0.3) is 0 Å². The molecule has 2 aliphatic rings. The first-order chi connectivity index (χ1) is 9.69. The lowest BCUT2D eigenvalue weighted by molar-refractivity contribution is 0.102. The number of nitriles is 1. The number of fused-ring (bicyclic) bond motifs is 1. The first-order valence-corrected chi connectivity index (χ1v) is 7.34. The Morgan fingerprint density at radius 3 is 2.90 bits per heavy atom. The molecule has 2 heterocycles. The number of hydrogen-bond acceptors (Lipinski definition) is 3. The van der Waals surface area contributed by atoms with Crippen LogP contribution in [0.2, 0.25) is 0 Å². The zero-order chi connectivity index (χ0) is 14.1. The molecule has 0 amide bonds. The second-order valence-corrected chi connectivity index (χ2v) is 5.96. The molecular formula is C16H20FN3. The Balaban J connectivity index is 1.78. The van der Waals surface area contributed by atoms with Crippen LogP contribution in [0.15, 0.2) is 18.2 Å². The molecule has 2 fully saturated rings. The number of piperidine rings is 2. The molecule has 0 N–H and O–H groups in total. The maximum atomic E-state index is 14.1. The lowest BCUT2D eigenvalue weighted by atomic mass is 9.84. The van der Waals surface area contributed by atoms with E-state index >= 15 is 0 Å². The van der Waals surface area contributed by atoms with Crippen molar-refractivity contribution in [1.29, 1.82) is 5.26 Å². The average molecular weight is 273 g/mol. The van der Waals surface area contributed by atoms with Gasteiger partial charge in [0.1, 0.15) is 5.82 Å². The third kappa shape index (κ3) is 2.38. The first kappa shape index (κ1) is 13.4. The lowest BCUT2D eigenvalue weighted by Crippen LogP contribution is -2.52. The van der Waals surface area contributed by atoms with Crippen molar-refractivity contribution in [2.75, 3.05) is 31.6 Å². The zero-order valence-electron chi connectivity index (χ0n) is 11.8. The summed E-state index contributed by atoms with van der Waals surface area (Å²) in [7, 11) is 2.20. The minimum absolute atomic E-state index is 0.272. The summed E-state index contributed by atoms with van der Waals surface area (Å²) in [4.78, 5) is 4.61. The monoisotopic (exact) mass is 273 g/mol. The van der Waals surface area contributed by atoms with Gasteiger partial charge in [0.05, 0.1) is 17.3 Å². The van der Waals surface area contributed by atoms with Crippen LogP contribution in [0, 0.1) is 23.1 Å². The summed E-state index contributed by atoms with van der Waals surface area (Å²) >= 11 is 0. The first-order valence-electron chi connectivity index (χ1n) is 7.34. The van der Waals surface area contributed by atoms with Crippen LogP contribution in [0.1, 0.15) is 24.8 Å². The zero-order valence-corrected chi connectivity index (χ0v) is 11.8. The van der Waals surface area contributed by atoms with E-state index in [2.05, 4.69) is 16.8 Å². The molecule has 2 unspecified atom stereocenters. The summed E-state index contributed by atoms with van der Waals surface area (Å²) < 4.78 is 14.1. The fraction of sp³-hybridized carbons (Fsp3) is 0.562. The van der Waals surface area contributed by atoms with Gasteiger partial charge in [-0.15, -0.1) is 0 Å². The van der Waals surface area contributed by atoms with Gasteiger partial charge in [0, 0.05) is 19.1 Å². The predicted molar refractivity (Wildman–Crippen MR) is 77.1 cm³/mol. The fourth-order valence-corrected chi connectivity index (χ4v) is 3.70. The van der Waals surface area contributed by atoms with Gasteiger partial charge in [-0.3, -0.25) is 0 Å². The van der Waals surface area contributed by atoms with Crippen molar-refractivity contribution in [1.82, 2.24) is 4.90 Å². The molecule has 0 spiro atoms. The molecule has 106 valence electrons. The van der Waals surface area contributed by atoms with Crippen LogP contribution in [-0.2, 0) is 0 Å². The molecule has 0 saturated carbocycles. The molecule has 3 rings (SSSR count). The molecule has 1 aromatic carbocycles. The largest absolute Gasteiger partial charge is 0.369 e. The highest BCUT2D eigenvalue weighted by Gasteiger charge is 2.34. The van der Waals surface area contributed by atoms with Crippen molar-refractivity contribution in [2.45, 2.75) is 25.3 Å². The Morgan fingerprint density at radius 2 is 2.15 bits per heavy atom. The van der Waals surface area contributed by atoms with Gasteiger partial charge in [-0.25, -0.2) is 4.39 Å². The number of nitrogens with zero attached hydrogens (tertiary/aromatic N) is 3. The second kappa shape index (κ2) is 5.41. The summed E-state index contributed by atoms with van der Waals surface area (Å²) in [5, 5.41) is 8.81. The third-order valence-corrected chi connectivity index (χ3v) is 4.76. The van der Waals surface area contributed by atoms with Crippen LogP contribution in [-0.4, -0.2) is 37.6 Å². The number of hydrogen-bond donors (Lipinski definition) is 0. The maximum absolute atomic E-state index is 14.1. The van der Waals surface area contributed by atoms with Crippen molar-refractivity contribution >= 4 is 5.69 Å². The van der Waals surface area contributed by atoms with Gasteiger partial charge < -0.3 is 9.80 Å². The molecule has 0 radical (unpaired) electrons. The molecule has 2 atom stereocenters. The molecule has 1 aromatic rings. The molecule has 0 aliphatic carbocycles. The summed E-state index contributed by atoms with van der Waals surface area (Å²) in [5.74, 6) is 0.365. The minimum atomic E-state index is -0.272. The Hall–Kier alpha value is -1.60. The summed E-state index contributed by atoms with van der Waals surface area (Å²) in [5.41, 5.74) is 1.04. The molecule has 0 aromatic heterocycles. The van der Waals surface area contributed by atoms with Crippen LogP contribution >= 0.6 is 0 Å². The lowest BCUT2D eigenvalue weighted by Gasteiger charge is -2.46. The fourth-order valence-electron chi connectivity index (χ4n) is 3.70. The highest BCUT2D eigenvalue weighted by atomic mass is 19.1. The Labute approximate surface area is 119 Å². The Morgan fingerprint density at radius 1 is 1.30 bits per heavy atom. The van der Waals surface area contributed by atoms with E-state index in [4.69, 9.17) is 5.26 Å². The molecule has 20 heavy (non-hydrogen) atoms. The Kier molecular flexibility index (Phi) is 3.62. The summed E-state index contributed by atoms with van der Waals surface area (Å²) in [6.45, 7) is 3.01. The SMILES string of the molecule is CN1CCCC2CN(c3ccc(C#N)cc3F)CCC21. The van der Waals surface area contributed by atoms with E-state index in [0.29, 0.717) is 23.2 Å². The number of likely N-dealkylation sites (tertiary alicyclic amines) is 1. The predicted octanol–water partition coefficient (Wildman–Crippen LogP) is 2.62. The smallest absolute Gasteiger partial charge is 0.147 e. The number of rotatable bonds is 1. The second-order valence-electron chi connectivity index (χ2n) is 5.96. The molecule has 0 bridgehead atoms. The normalized spacial score (nSPS) is 26.9. The number of benzene rings is 1. The van der Waals surface area contributed by atoms with Gasteiger partial charge in [0.15, 0.2) is 0 Å². The standard InChI is InChI=1S/C16H20FN3/c1-19-7-2-3-13-11-20(8-6-15(13)19)16-5-4-12(10-18)9-14(16)17/h4-5,9,13,15H,2-3,6-8,11H2,1H3. The highest BCUT2D eigenvalue weighted by Crippen LogP contribution is 2.32. The van der Waals surface area contributed by atoms with Crippen molar-refractivity contribution in [3.63, 3.8) is 0 Å². The highest BCUT2D eigenvalue weighted by molar-refractivity contribution is 5.51. The van der Waals surface area contributed by atoms with Crippen molar-refractivity contribution in [2.24, 2.45) is 5.92 Å². The van der Waals surface area contributed by atoms with E-state index in [1.165, 1.54) is 25.5 Å². The van der Waals surface area contributed by atoms with Crippen LogP contribution in [0.3, 0.4) is 0 Å². The molecular weight excluding hydrogens is 253 g/mol. The van der Waals surface area contributed by atoms with Crippen molar-refractivity contribution in [3.05, 3.63) is 29.6 Å². The third-order valence-electron chi connectivity index (χ3n) is 4.76. The Bertz CT molecular complexity index is 537. The van der Waals surface area contributed by atoms with Gasteiger partial charge in [-0.2, -0.15) is 5.26 Å². The molecule has 2 saturated heterocycles. The number of anilines is 1. The van der Waals surface area contributed by atoms with Gasteiger partial charge >= 0.3 is 0 Å². The van der Waals surface area contributed by atoms with Gasteiger partial charge in [0.2, 0.25) is 0 Å². The number of halogens is 1. The van der Waals surface area contributed by atoms with E-state index in [1.807, 2.05) is 6.07 Å². The van der Waals surface area contributed by atoms with E-state index in [-0.39, 0.29) is 5.82 Å². The van der Waals surface area contributed by atoms with E-state index < -0.39 is 0 Å². The molecule has 3 nitrogen and oxygen atoms in total. The quantitative estimate of drug-likeness (QED) is 0.788. The van der Waals surface area contributed by atoms with Crippen molar-refractivity contribution in [3.8, 4) is 6.07 Å². The summed E-state index contributed by atoms with van der Waals surface area (Å²) in [6, 6.07) is 7.44. The van der Waals surface area contributed by atoms with E-state index in [1.54, 1.807) is 12.1 Å². The van der Waals surface area contributed by atoms with Gasteiger partial charge in [0.25, 0.3) is 0 Å². The van der Waals surface area contributed by atoms with Gasteiger partial charge in [-0.05, 0) is 57.0 Å². The topological polar surface area (TPSA) is 30.3 Å². The van der Waals surface area contributed by atoms with E-state index in [9.17, 15) is 4.39 Å². The van der Waals surface area contributed by atoms with Crippen LogP contribution in [0.5, 0.6) is 0 Å². The maximum Gasteiger partial charge on any atom is 0.147 e. The van der Waals surface area contributed by atoms with E-state index in [0.717, 1.165) is 19.5 Å². The minimum Gasteiger partial charge on any atom is -0.369 e. The van der Waals surface area contributed by atoms with Crippen LogP contribution in [0.4, 0.5) is 10.1 Å².